The van der Waals surface area contributed by atoms with Crippen LogP contribution in [0.15, 0.2) is 18.2 Å². The predicted molar refractivity (Wildman–Crippen MR) is 67.0 cm³/mol. The Hall–Kier alpha value is -0.890. The Balaban J connectivity index is 3.04. The Bertz CT molecular complexity index is 336. The first-order valence-electron chi connectivity index (χ1n) is 6.09. The highest BCUT2D eigenvalue weighted by Gasteiger charge is 2.20. The summed E-state index contributed by atoms with van der Waals surface area (Å²) in [5.41, 5.74) is 1.92. The van der Waals surface area contributed by atoms with Crippen molar-refractivity contribution in [2.45, 2.75) is 40.2 Å². The highest BCUT2D eigenvalue weighted by molar-refractivity contribution is 5.27. The van der Waals surface area contributed by atoms with Crippen LogP contribution < -0.4 is 5.32 Å². The molecule has 0 amide bonds. The lowest BCUT2D eigenvalue weighted by atomic mass is 9.91. The minimum atomic E-state index is -0.100. The van der Waals surface area contributed by atoms with Gasteiger partial charge in [-0.25, -0.2) is 4.39 Å². The Morgan fingerprint density at radius 2 is 2.00 bits per heavy atom. The fraction of sp³-hybridized carbons (Fsp3) is 0.571. The van der Waals surface area contributed by atoms with Gasteiger partial charge in [0, 0.05) is 11.6 Å². The summed E-state index contributed by atoms with van der Waals surface area (Å²) in [5.74, 6) is 0.341. The first-order chi connectivity index (χ1) is 7.60. The van der Waals surface area contributed by atoms with Gasteiger partial charge in [-0.3, -0.25) is 0 Å². The Labute approximate surface area is 98.1 Å². The first kappa shape index (κ1) is 13.2. The maximum Gasteiger partial charge on any atom is 0.128 e. The summed E-state index contributed by atoms with van der Waals surface area (Å²) in [7, 11) is 0. The average Bonchev–Trinajstić information content (AvgIpc) is 2.28. The molecular formula is C14H22FN. The van der Waals surface area contributed by atoms with Crippen LogP contribution >= 0.6 is 0 Å². The van der Waals surface area contributed by atoms with Crippen LogP contribution in [0.1, 0.15) is 44.4 Å². The van der Waals surface area contributed by atoms with Crippen molar-refractivity contribution in [3.63, 3.8) is 0 Å². The molecule has 0 saturated carbocycles. The third kappa shape index (κ3) is 3.05. The number of hydrogen-bond acceptors (Lipinski definition) is 1. The number of halogens is 1. The molecule has 0 radical (unpaired) electrons. The van der Waals surface area contributed by atoms with E-state index in [1.807, 2.05) is 19.1 Å². The fourth-order valence-electron chi connectivity index (χ4n) is 1.97. The first-order valence-corrected chi connectivity index (χ1v) is 6.09. The van der Waals surface area contributed by atoms with E-state index in [0.29, 0.717) is 5.92 Å². The van der Waals surface area contributed by atoms with Gasteiger partial charge in [0.25, 0.3) is 0 Å². The summed E-state index contributed by atoms with van der Waals surface area (Å²) in [6.45, 7) is 9.23. The quantitative estimate of drug-likeness (QED) is 0.800. The van der Waals surface area contributed by atoms with Crippen LogP contribution in [0.25, 0.3) is 0 Å². The maximum atomic E-state index is 13.8. The van der Waals surface area contributed by atoms with E-state index >= 15 is 0 Å². The van der Waals surface area contributed by atoms with Gasteiger partial charge in [-0.15, -0.1) is 0 Å². The van der Waals surface area contributed by atoms with Crippen molar-refractivity contribution in [2.75, 3.05) is 6.54 Å². The van der Waals surface area contributed by atoms with Crippen molar-refractivity contribution < 1.29 is 4.39 Å². The van der Waals surface area contributed by atoms with E-state index in [1.54, 1.807) is 6.07 Å². The van der Waals surface area contributed by atoms with Crippen LogP contribution in [0, 0.1) is 18.7 Å². The highest BCUT2D eigenvalue weighted by atomic mass is 19.1. The van der Waals surface area contributed by atoms with Gasteiger partial charge in [-0.2, -0.15) is 0 Å². The molecule has 0 fully saturated rings. The van der Waals surface area contributed by atoms with Gasteiger partial charge in [0.2, 0.25) is 0 Å². The normalized spacial score (nSPS) is 14.8. The molecule has 1 aromatic rings. The van der Waals surface area contributed by atoms with Gasteiger partial charge in [-0.1, -0.05) is 44.9 Å². The van der Waals surface area contributed by atoms with Crippen LogP contribution in [-0.2, 0) is 0 Å². The number of aryl methyl sites for hydroxylation is 1. The number of nitrogens with one attached hydrogen (secondary N) is 1. The van der Waals surface area contributed by atoms with Crippen molar-refractivity contribution in [2.24, 2.45) is 5.92 Å². The summed E-state index contributed by atoms with van der Waals surface area (Å²) in [5, 5.41) is 3.38. The second kappa shape index (κ2) is 6.00. The molecule has 0 aliphatic carbocycles. The molecule has 0 spiro atoms. The Morgan fingerprint density at radius 3 is 2.56 bits per heavy atom. The lowest BCUT2D eigenvalue weighted by Gasteiger charge is -2.25. The third-order valence-corrected chi connectivity index (χ3v) is 3.12. The Kier molecular flexibility index (Phi) is 4.94. The van der Waals surface area contributed by atoms with Gasteiger partial charge in [0.15, 0.2) is 0 Å². The average molecular weight is 223 g/mol. The molecular weight excluding hydrogens is 201 g/mol. The van der Waals surface area contributed by atoms with Crippen molar-refractivity contribution in [1.29, 1.82) is 0 Å². The van der Waals surface area contributed by atoms with E-state index in [1.165, 1.54) is 0 Å². The van der Waals surface area contributed by atoms with Crippen LogP contribution in [0.2, 0.25) is 0 Å². The molecule has 0 heterocycles. The summed E-state index contributed by atoms with van der Waals surface area (Å²) in [6.07, 6.45) is 1.05. The second-order valence-electron chi connectivity index (χ2n) is 4.45. The van der Waals surface area contributed by atoms with E-state index in [0.717, 1.165) is 24.1 Å². The molecule has 2 unspecified atom stereocenters. The maximum absolute atomic E-state index is 13.8. The van der Waals surface area contributed by atoms with Crippen LogP contribution in [0.3, 0.4) is 0 Å². The van der Waals surface area contributed by atoms with E-state index in [2.05, 4.69) is 26.1 Å². The highest BCUT2D eigenvalue weighted by Crippen LogP contribution is 2.27. The largest absolute Gasteiger partial charge is 0.310 e. The summed E-state index contributed by atoms with van der Waals surface area (Å²) in [6, 6.07) is 5.46. The molecule has 1 N–H and O–H groups in total. The van der Waals surface area contributed by atoms with Crippen LogP contribution in [0.4, 0.5) is 4.39 Å². The predicted octanol–water partition coefficient (Wildman–Crippen LogP) is 3.83. The van der Waals surface area contributed by atoms with Gasteiger partial charge < -0.3 is 5.32 Å². The number of benzene rings is 1. The molecule has 1 rings (SSSR count). The molecule has 1 aromatic carbocycles. The van der Waals surface area contributed by atoms with E-state index in [9.17, 15) is 4.39 Å². The number of rotatable bonds is 5. The SMILES string of the molecule is CCNC(c1cc(C)ccc1F)C(C)CC. The molecule has 0 saturated heterocycles. The van der Waals surface area contributed by atoms with Crippen LogP contribution in [-0.4, -0.2) is 6.54 Å². The molecule has 0 aliphatic rings. The standard InChI is InChI=1S/C14H22FN/c1-5-11(4)14(16-6-2)12-9-10(3)7-8-13(12)15/h7-9,11,14,16H,5-6H2,1-4H3. The van der Waals surface area contributed by atoms with E-state index in [4.69, 9.17) is 0 Å². The monoisotopic (exact) mass is 223 g/mol. The fourth-order valence-corrected chi connectivity index (χ4v) is 1.97. The van der Waals surface area contributed by atoms with Crippen LogP contribution in [0.5, 0.6) is 0 Å². The van der Waals surface area contributed by atoms with E-state index in [-0.39, 0.29) is 11.9 Å². The lowest BCUT2D eigenvalue weighted by molar-refractivity contribution is 0.372. The molecule has 2 atom stereocenters. The molecule has 2 heteroatoms. The lowest BCUT2D eigenvalue weighted by Crippen LogP contribution is -2.27. The topological polar surface area (TPSA) is 12.0 Å². The molecule has 1 nitrogen and oxygen atoms in total. The molecule has 16 heavy (non-hydrogen) atoms. The summed E-state index contributed by atoms with van der Waals surface area (Å²) < 4.78 is 13.8. The Morgan fingerprint density at radius 1 is 1.31 bits per heavy atom. The molecule has 90 valence electrons. The zero-order valence-corrected chi connectivity index (χ0v) is 10.7. The van der Waals surface area contributed by atoms with Gasteiger partial charge >= 0.3 is 0 Å². The van der Waals surface area contributed by atoms with Crippen molar-refractivity contribution in [1.82, 2.24) is 5.32 Å². The van der Waals surface area contributed by atoms with Crippen molar-refractivity contribution in [3.8, 4) is 0 Å². The van der Waals surface area contributed by atoms with Gasteiger partial charge in [0.05, 0.1) is 0 Å². The smallest absolute Gasteiger partial charge is 0.128 e. The summed E-state index contributed by atoms with van der Waals surface area (Å²) in [4.78, 5) is 0. The molecule has 0 bridgehead atoms. The molecule has 0 aliphatic heterocycles. The van der Waals surface area contributed by atoms with Crippen molar-refractivity contribution in [3.05, 3.63) is 35.1 Å². The second-order valence-corrected chi connectivity index (χ2v) is 4.45. The van der Waals surface area contributed by atoms with E-state index < -0.39 is 0 Å². The van der Waals surface area contributed by atoms with Gasteiger partial charge in [0.1, 0.15) is 5.82 Å². The summed E-state index contributed by atoms with van der Waals surface area (Å²) >= 11 is 0. The zero-order valence-electron chi connectivity index (χ0n) is 10.7. The minimum Gasteiger partial charge on any atom is -0.310 e. The molecule has 0 aromatic heterocycles. The zero-order chi connectivity index (χ0) is 12.1. The number of hydrogen-bond donors (Lipinski definition) is 1. The van der Waals surface area contributed by atoms with Gasteiger partial charge in [-0.05, 0) is 25.5 Å². The minimum absolute atomic E-state index is 0.100. The third-order valence-electron chi connectivity index (χ3n) is 3.12. The van der Waals surface area contributed by atoms with Crippen molar-refractivity contribution >= 4 is 0 Å².